The molecule has 4 nitrogen and oxygen atoms in total. The van der Waals surface area contributed by atoms with Gasteiger partial charge in [-0.1, -0.05) is 0 Å². The van der Waals surface area contributed by atoms with Crippen LogP contribution in [0.3, 0.4) is 0 Å². The van der Waals surface area contributed by atoms with Gasteiger partial charge in [0, 0.05) is 11.1 Å². The molecule has 0 aromatic carbocycles. The van der Waals surface area contributed by atoms with Crippen LogP contribution in [0.15, 0.2) is 6.20 Å². The number of nitrogens with zero attached hydrogens (tertiary/aromatic N) is 2. The van der Waals surface area contributed by atoms with Gasteiger partial charge in [-0.15, -0.1) is 0 Å². The van der Waals surface area contributed by atoms with Crippen molar-refractivity contribution in [2.24, 2.45) is 0 Å². The molecule has 0 atom stereocenters. The average Bonchev–Trinajstić information content (AvgIpc) is 2.14. The summed E-state index contributed by atoms with van der Waals surface area (Å²) in [4.78, 5) is 11.9. The van der Waals surface area contributed by atoms with Crippen LogP contribution in [0.2, 0.25) is 0 Å². The Morgan fingerprint density at radius 1 is 1.41 bits per heavy atom. The summed E-state index contributed by atoms with van der Waals surface area (Å²) < 4.78 is 62.6. The highest BCUT2D eigenvalue weighted by Crippen LogP contribution is 2.41. The van der Waals surface area contributed by atoms with Crippen LogP contribution in [-0.4, -0.2) is 9.91 Å². The number of rotatable bonds is 2. The lowest BCUT2D eigenvalue weighted by atomic mass is 10.0. The molecule has 0 fully saturated rings. The highest BCUT2D eigenvalue weighted by atomic mass is 19.4. The Labute approximate surface area is 91.2 Å². The van der Waals surface area contributed by atoms with Crippen molar-refractivity contribution < 1.29 is 26.9 Å². The number of pyridine rings is 1. The summed E-state index contributed by atoms with van der Waals surface area (Å²) in [6, 6.07) is 0. The van der Waals surface area contributed by atoms with Gasteiger partial charge in [-0.2, -0.15) is 13.2 Å². The number of aromatic nitrogens is 1. The van der Waals surface area contributed by atoms with E-state index >= 15 is 0 Å². The molecule has 0 aliphatic heterocycles. The van der Waals surface area contributed by atoms with Crippen LogP contribution in [0.4, 0.5) is 27.8 Å². The fourth-order valence-electron chi connectivity index (χ4n) is 1.31. The maximum atomic E-state index is 12.5. The standard InChI is InChI=1S/C8H5F5N2O2/c1-3-2-14-7(15(16)17)5(8(11,12)13)4(3)6(9)10/h2,6H,1H3. The van der Waals surface area contributed by atoms with Gasteiger partial charge in [-0.25, -0.2) is 8.78 Å². The molecule has 1 rings (SSSR count). The lowest BCUT2D eigenvalue weighted by molar-refractivity contribution is -0.393. The first-order valence-corrected chi connectivity index (χ1v) is 4.15. The zero-order valence-electron chi connectivity index (χ0n) is 8.26. The minimum atomic E-state index is -5.26. The van der Waals surface area contributed by atoms with E-state index in [0.717, 1.165) is 6.92 Å². The molecule has 0 aliphatic rings. The maximum absolute atomic E-state index is 12.5. The third-order valence-electron chi connectivity index (χ3n) is 1.97. The van der Waals surface area contributed by atoms with Crippen molar-refractivity contribution in [3.63, 3.8) is 0 Å². The van der Waals surface area contributed by atoms with Crippen molar-refractivity contribution in [2.45, 2.75) is 19.5 Å². The van der Waals surface area contributed by atoms with E-state index in [2.05, 4.69) is 4.98 Å². The van der Waals surface area contributed by atoms with Crippen molar-refractivity contribution in [2.75, 3.05) is 0 Å². The number of aryl methyl sites for hydroxylation is 1. The molecular formula is C8H5F5N2O2. The molecule has 1 aromatic rings. The van der Waals surface area contributed by atoms with Gasteiger partial charge < -0.3 is 10.1 Å². The quantitative estimate of drug-likeness (QED) is 0.463. The molecular weight excluding hydrogens is 251 g/mol. The molecule has 0 radical (unpaired) electrons. The number of hydrogen-bond acceptors (Lipinski definition) is 3. The predicted molar refractivity (Wildman–Crippen MR) is 45.6 cm³/mol. The maximum Gasteiger partial charge on any atom is 0.425 e. The molecule has 1 heterocycles. The summed E-state index contributed by atoms with van der Waals surface area (Å²) in [7, 11) is 0. The molecule has 0 unspecified atom stereocenters. The fraction of sp³-hybridized carbons (Fsp3) is 0.375. The smallest absolute Gasteiger partial charge is 0.358 e. The first-order chi connectivity index (χ1) is 7.66. The summed E-state index contributed by atoms with van der Waals surface area (Å²) in [6.45, 7) is 0.980. The number of nitro groups is 1. The molecule has 0 bridgehead atoms. The van der Waals surface area contributed by atoms with Crippen molar-refractivity contribution in [3.8, 4) is 0 Å². The Bertz CT molecular complexity index is 458. The van der Waals surface area contributed by atoms with E-state index in [4.69, 9.17) is 0 Å². The van der Waals surface area contributed by atoms with Crippen LogP contribution >= 0.6 is 0 Å². The second-order valence-corrected chi connectivity index (χ2v) is 3.11. The Hall–Kier alpha value is -1.80. The molecule has 0 N–H and O–H groups in total. The third-order valence-corrected chi connectivity index (χ3v) is 1.97. The highest BCUT2D eigenvalue weighted by molar-refractivity contribution is 5.46. The first-order valence-electron chi connectivity index (χ1n) is 4.15. The van der Waals surface area contributed by atoms with Gasteiger partial charge in [-0.05, 0) is 16.8 Å². The summed E-state index contributed by atoms with van der Waals surface area (Å²) in [5.74, 6) is -1.61. The van der Waals surface area contributed by atoms with Gasteiger partial charge in [0.25, 0.3) is 6.43 Å². The van der Waals surface area contributed by atoms with E-state index < -0.39 is 40.0 Å². The van der Waals surface area contributed by atoms with Gasteiger partial charge >= 0.3 is 12.0 Å². The van der Waals surface area contributed by atoms with E-state index in [9.17, 15) is 32.1 Å². The van der Waals surface area contributed by atoms with Gasteiger partial charge in [0.1, 0.15) is 6.20 Å². The molecule has 0 saturated heterocycles. The van der Waals surface area contributed by atoms with Gasteiger partial charge in [-0.3, -0.25) is 0 Å². The highest BCUT2D eigenvalue weighted by Gasteiger charge is 2.44. The Morgan fingerprint density at radius 3 is 2.29 bits per heavy atom. The Morgan fingerprint density at radius 2 is 1.94 bits per heavy atom. The summed E-state index contributed by atoms with van der Waals surface area (Å²) >= 11 is 0. The molecule has 0 amide bonds. The van der Waals surface area contributed by atoms with Gasteiger partial charge in [0.15, 0.2) is 5.56 Å². The molecule has 94 valence electrons. The van der Waals surface area contributed by atoms with Crippen LogP contribution in [-0.2, 0) is 6.18 Å². The van der Waals surface area contributed by atoms with E-state index in [1.165, 1.54) is 0 Å². The van der Waals surface area contributed by atoms with Crippen molar-refractivity contribution in [1.29, 1.82) is 0 Å². The number of halogens is 5. The third kappa shape index (κ3) is 2.48. The summed E-state index contributed by atoms with van der Waals surface area (Å²) in [5.41, 5.74) is -3.84. The second-order valence-electron chi connectivity index (χ2n) is 3.11. The summed E-state index contributed by atoms with van der Waals surface area (Å²) in [5, 5.41) is 10.4. The second kappa shape index (κ2) is 4.22. The van der Waals surface area contributed by atoms with Crippen LogP contribution in [0.5, 0.6) is 0 Å². The predicted octanol–water partition coefficient (Wildman–Crippen LogP) is 3.25. The van der Waals surface area contributed by atoms with Crippen LogP contribution in [0.25, 0.3) is 0 Å². The Balaban J connectivity index is 3.68. The van der Waals surface area contributed by atoms with Crippen LogP contribution in [0, 0.1) is 17.0 Å². The fourth-order valence-corrected chi connectivity index (χ4v) is 1.31. The van der Waals surface area contributed by atoms with Crippen LogP contribution < -0.4 is 0 Å². The normalized spacial score (nSPS) is 11.9. The molecule has 0 spiro atoms. The Kier molecular flexibility index (Phi) is 3.30. The van der Waals surface area contributed by atoms with Crippen LogP contribution in [0.1, 0.15) is 23.1 Å². The van der Waals surface area contributed by atoms with E-state index in [1.54, 1.807) is 0 Å². The SMILES string of the molecule is Cc1cnc([N+](=O)[O-])c(C(F)(F)F)c1C(F)F. The molecule has 1 aromatic heterocycles. The van der Waals surface area contributed by atoms with Crippen molar-refractivity contribution in [1.82, 2.24) is 4.98 Å². The number of alkyl halides is 5. The van der Waals surface area contributed by atoms with Gasteiger partial charge in [0.05, 0.1) is 0 Å². The van der Waals surface area contributed by atoms with Crippen molar-refractivity contribution in [3.05, 3.63) is 33.0 Å². The first kappa shape index (κ1) is 13.3. The van der Waals surface area contributed by atoms with E-state index in [-0.39, 0.29) is 0 Å². The van der Waals surface area contributed by atoms with Crippen molar-refractivity contribution >= 4 is 5.82 Å². The molecule has 9 heteroatoms. The average molecular weight is 256 g/mol. The summed E-state index contributed by atoms with van der Waals surface area (Å²) in [6.07, 6.45) is -8.10. The molecule has 17 heavy (non-hydrogen) atoms. The van der Waals surface area contributed by atoms with Gasteiger partial charge in [0.2, 0.25) is 0 Å². The lowest BCUT2D eigenvalue weighted by Gasteiger charge is -2.13. The monoisotopic (exact) mass is 256 g/mol. The number of hydrogen-bond donors (Lipinski definition) is 0. The molecule has 0 aliphatic carbocycles. The van der Waals surface area contributed by atoms with E-state index in [0.29, 0.717) is 6.20 Å². The topological polar surface area (TPSA) is 56.0 Å². The molecule has 0 saturated carbocycles. The zero-order chi connectivity index (χ0) is 13.4. The van der Waals surface area contributed by atoms with E-state index in [1.807, 2.05) is 0 Å². The zero-order valence-corrected chi connectivity index (χ0v) is 8.26. The minimum absolute atomic E-state index is 0.446. The largest absolute Gasteiger partial charge is 0.425 e. The minimum Gasteiger partial charge on any atom is -0.358 e. The lowest BCUT2D eigenvalue weighted by Crippen LogP contribution is -2.15.